The maximum Gasteiger partial charge on any atom is 0.242 e. The minimum atomic E-state index is 0.168. The van der Waals surface area contributed by atoms with Gasteiger partial charge in [0, 0.05) is 19.6 Å². The summed E-state index contributed by atoms with van der Waals surface area (Å²) in [5.74, 6) is 1.64. The van der Waals surface area contributed by atoms with Gasteiger partial charge in [-0.25, -0.2) is 0 Å². The van der Waals surface area contributed by atoms with Crippen molar-refractivity contribution in [2.24, 2.45) is 11.8 Å². The number of thiocarbonyl (C=S) groups is 1. The zero-order chi connectivity index (χ0) is 16.8. The Kier molecular flexibility index (Phi) is 6.52. The fourth-order valence-corrected chi connectivity index (χ4v) is 4.47. The fraction of sp³-hybridized carbons (Fsp3) is 0.789. The lowest BCUT2D eigenvalue weighted by atomic mass is 9.82. The lowest BCUT2D eigenvalue weighted by Crippen LogP contribution is -2.47. The Morgan fingerprint density at radius 3 is 2.79 bits per heavy atom. The number of hydrogen-bond acceptors (Lipinski definition) is 2. The molecule has 24 heavy (non-hydrogen) atoms. The van der Waals surface area contributed by atoms with Crippen LogP contribution in [0.1, 0.15) is 57.8 Å². The monoisotopic (exact) mass is 349 g/mol. The van der Waals surface area contributed by atoms with Gasteiger partial charge in [-0.05, 0) is 62.6 Å². The van der Waals surface area contributed by atoms with Crippen molar-refractivity contribution < 1.29 is 4.79 Å². The Bertz CT molecular complexity index is 485. The summed E-state index contributed by atoms with van der Waals surface area (Å²) < 4.78 is 0. The molecule has 3 rings (SSSR count). The molecule has 0 spiro atoms. The summed E-state index contributed by atoms with van der Waals surface area (Å²) >= 11 is 5.33. The van der Waals surface area contributed by atoms with Crippen molar-refractivity contribution in [1.29, 1.82) is 0 Å². The summed E-state index contributed by atoms with van der Waals surface area (Å²) in [6, 6.07) is 0. The Balaban J connectivity index is 1.35. The normalized spacial score (nSPS) is 24.8. The van der Waals surface area contributed by atoms with Gasteiger partial charge < -0.3 is 15.5 Å². The number of piperidine rings is 1. The number of nitrogens with zero attached hydrogens (tertiary/aromatic N) is 1. The Morgan fingerprint density at radius 1 is 1.12 bits per heavy atom. The van der Waals surface area contributed by atoms with E-state index in [1.165, 1.54) is 56.9 Å². The number of fused-ring (bicyclic) bond motifs is 1. The SMILES string of the molecule is O=C(CNC(=S)NCC1CCCCC1)N1CCC2CCCC=C2C1. The number of amides is 1. The molecule has 1 unspecified atom stereocenters. The minimum absolute atomic E-state index is 0.168. The van der Waals surface area contributed by atoms with E-state index in [0.29, 0.717) is 11.7 Å². The summed E-state index contributed by atoms with van der Waals surface area (Å²) in [7, 11) is 0. The zero-order valence-electron chi connectivity index (χ0n) is 14.7. The second-order valence-electron chi connectivity index (χ2n) is 7.58. The molecule has 1 aliphatic heterocycles. The molecule has 0 aromatic heterocycles. The second-order valence-corrected chi connectivity index (χ2v) is 7.99. The molecule has 2 fully saturated rings. The van der Waals surface area contributed by atoms with Crippen LogP contribution in [0.15, 0.2) is 11.6 Å². The smallest absolute Gasteiger partial charge is 0.242 e. The molecule has 1 heterocycles. The molecule has 2 N–H and O–H groups in total. The van der Waals surface area contributed by atoms with Crippen molar-refractivity contribution in [3.8, 4) is 0 Å². The maximum atomic E-state index is 12.4. The van der Waals surface area contributed by atoms with Gasteiger partial charge in [0.1, 0.15) is 0 Å². The average molecular weight is 350 g/mol. The Hall–Kier alpha value is -1.10. The van der Waals surface area contributed by atoms with Gasteiger partial charge in [-0.3, -0.25) is 4.79 Å². The first kappa shape index (κ1) is 17.7. The number of nitrogens with one attached hydrogen (secondary N) is 2. The summed E-state index contributed by atoms with van der Waals surface area (Å²) in [5, 5.41) is 7.02. The van der Waals surface area contributed by atoms with Gasteiger partial charge in [-0.2, -0.15) is 0 Å². The quantitative estimate of drug-likeness (QED) is 0.605. The van der Waals surface area contributed by atoms with E-state index in [1.807, 2.05) is 4.90 Å². The van der Waals surface area contributed by atoms with Crippen molar-refractivity contribution >= 4 is 23.2 Å². The molecule has 1 saturated heterocycles. The number of carbonyl (C=O) groups excluding carboxylic acids is 1. The Labute approximate surface area is 151 Å². The lowest BCUT2D eigenvalue weighted by molar-refractivity contribution is -0.130. The first-order valence-corrected chi connectivity index (χ1v) is 10.1. The molecule has 134 valence electrons. The largest absolute Gasteiger partial charge is 0.362 e. The van der Waals surface area contributed by atoms with Crippen molar-refractivity contribution in [2.45, 2.75) is 57.8 Å². The van der Waals surface area contributed by atoms with E-state index in [2.05, 4.69) is 16.7 Å². The molecule has 0 bridgehead atoms. The van der Waals surface area contributed by atoms with Crippen LogP contribution < -0.4 is 10.6 Å². The first-order valence-electron chi connectivity index (χ1n) is 9.71. The molecule has 1 saturated carbocycles. The molecule has 1 atom stereocenters. The molecule has 1 amide bonds. The van der Waals surface area contributed by atoms with E-state index >= 15 is 0 Å². The van der Waals surface area contributed by atoms with Gasteiger partial charge >= 0.3 is 0 Å². The highest BCUT2D eigenvalue weighted by atomic mass is 32.1. The maximum absolute atomic E-state index is 12.4. The summed E-state index contributed by atoms with van der Waals surface area (Å²) in [5.41, 5.74) is 1.49. The first-order chi connectivity index (χ1) is 11.7. The highest BCUT2D eigenvalue weighted by molar-refractivity contribution is 7.80. The van der Waals surface area contributed by atoms with E-state index < -0.39 is 0 Å². The Morgan fingerprint density at radius 2 is 1.96 bits per heavy atom. The van der Waals surface area contributed by atoms with Crippen LogP contribution in [-0.4, -0.2) is 42.1 Å². The molecule has 0 aromatic carbocycles. The van der Waals surface area contributed by atoms with Crippen LogP contribution >= 0.6 is 12.2 Å². The molecular formula is C19H31N3OS. The van der Waals surface area contributed by atoms with Crippen LogP contribution in [-0.2, 0) is 4.79 Å². The van der Waals surface area contributed by atoms with Crippen LogP contribution in [0.3, 0.4) is 0 Å². The molecule has 0 radical (unpaired) electrons. The standard InChI is InChI=1S/C19H31N3OS/c23-18(22-11-10-16-8-4-5-9-17(16)14-22)13-21-19(24)20-12-15-6-2-1-3-7-15/h9,15-16H,1-8,10-14H2,(H2,20,21,24). The van der Waals surface area contributed by atoms with Crippen LogP contribution in [0.4, 0.5) is 0 Å². The fourth-order valence-electron chi connectivity index (χ4n) is 4.31. The predicted molar refractivity (Wildman–Crippen MR) is 102 cm³/mol. The molecule has 0 aromatic rings. The zero-order valence-corrected chi connectivity index (χ0v) is 15.5. The number of allylic oxidation sites excluding steroid dienone is 1. The number of hydrogen-bond donors (Lipinski definition) is 2. The van der Waals surface area contributed by atoms with Crippen LogP contribution in [0, 0.1) is 11.8 Å². The van der Waals surface area contributed by atoms with Crippen molar-refractivity contribution in [2.75, 3.05) is 26.2 Å². The van der Waals surface area contributed by atoms with Gasteiger partial charge in [0.25, 0.3) is 0 Å². The van der Waals surface area contributed by atoms with Gasteiger partial charge in [0.05, 0.1) is 6.54 Å². The molecular weight excluding hydrogens is 318 g/mol. The van der Waals surface area contributed by atoms with Gasteiger partial charge in [0.15, 0.2) is 5.11 Å². The summed E-state index contributed by atoms with van der Waals surface area (Å²) in [4.78, 5) is 14.4. The third-order valence-corrected chi connectivity index (χ3v) is 6.13. The van der Waals surface area contributed by atoms with E-state index in [1.54, 1.807) is 0 Å². The third kappa shape index (κ3) is 4.95. The minimum Gasteiger partial charge on any atom is -0.362 e. The van der Waals surface area contributed by atoms with Gasteiger partial charge in [-0.15, -0.1) is 0 Å². The van der Waals surface area contributed by atoms with E-state index in [9.17, 15) is 4.79 Å². The van der Waals surface area contributed by atoms with Gasteiger partial charge in [-0.1, -0.05) is 30.9 Å². The van der Waals surface area contributed by atoms with Crippen LogP contribution in [0.2, 0.25) is 0 Å². The highest BCUT2D eigenvalue weighted by Crippen LogP contribution is 2.31. The summed E-state index contributed by atoms with van der Waals surface area (Å²) in [6.07, 6.45) is 14.0. The lowest BCUT2D eigenvalue weighted by Gasteiger charge is -2.36. The number of rotatable bonds is 4. The highest BCUT2D eigenvalue weighted by Gasteiger charge is 2.27. The summed E-state index contributed by atoms with van der Waals surface area (Å²) in [6.45, 7) is 2.98. The predicted octanol–water partition coefficient (Wildman–Crippen LogP) is 2.99. The molecule has 4 nitrogen and oxygen atoms in total. The number of likely N-dealkylation sites (tertiary alicyclic amines) is 1. The molecule has 2 aliphatic carbocycles. The van der Waals surface area contributed by atoms with Crippen molar-refractivity contribution in [1.82, 2.24) is 15.5 Å². The van der Waals surface area contributed by atoms with E-state index in [0.717, 1.165) is 37.9 Å². The molecule has 5 heteroatoms. The third-order valence-electron chi connectivity index (χ3n) is 5.84. The second kappa shape index (κ2) is 8.84. The number of carbonyl (C=O) groups is 1. The van der Waals surface area contributed by atoms with Crippen molar-refractivity contribution in [3.05, 3.63) is 11.6 Å². The van der Waals surface area contributed by atoms with Crippen LogP contribution in [0.25, 0.3) is 0 Å². The van der Waals surface area contributed by atoms with E-state index in [-0.39, 0.29) is 5.91 Å². The topological polar surface area (TPSA) is 44.4 Å². The molecule has 3 aliphatic rings. The van der Waals surface area contributed by atoms with Crippen LogP contribution in [0.5, 0.6) is 0 Å². The average Bonchev–Trinajstić information content (AvgIpc) is 2.65. The van der Waals surface area contributed by atoms with Gasteiger partial charge in [0.2, 0.25) is 5.91 Å². The van der Waals surface area contributed by atoms with E-state index in [4.69, 9.17) is 12.2 Å². The van der Waals surface area contributed by atoms with Crippen molar-refractivity contribution in [3.63, 3.8) is 0 Å².